The average Bonchev–Trinajstić information content (AvgIpc) is 3.25. The molecule has 2 aromatic carbocycles. The Labute approximate surface area is 168 Å². The number of nitrogens with one attached hydrogen (secondary N) is 1. The molecular formula is C23H23FN4O. The van der Waals surface area contributed by atoms with E-state index < -0.39 is 0 Å². The standard InChI is InChI=1S/C23H23FN4O/c1-16-14-18-6-3-4-7-21(18)28(16)13-5-12-25-23(29)22-15-20(26-27(22)2)17-8-10-19(24)11-9-17/h3-4,6-11,14-15H,5,12-13H2,1-2H3,(H,25,29). The molecule has 1 N–H and O–H groups in total. The second-order valence-corrected chi connectivity index (χ2v) is 7.15. The zero-order valence-corrected chi connectivity index (χ0v) is 16.5. The van der Waals surface area contributed by atoms with Gasteiger partial charge in [-0.1, -0.05) is 18.2 Å². The van der Waals surface area contributed by atoms with Gasteiger partial charge in [-0.2, -0.15) is 5.10 Å². The van der Waals surface area contributed by atoms with E-state index in [9.17, 15) is 9.18 Å². The summed E-state index contributed by atoms with van der Waals surface area (Å²) in [5.74, 6) is -0.462. The number of rotatable bonds is 6. The number of halogens is 1. The molecule has 4 aromatic rings. The number of carbonyl (C=O) groups is 1. The van der Waals surface area contributed by atoms with Crippen LogP contribution in [0.15, 0.2) is 60.7 Å². The summed E-state index contributed by atoms with van der Waals surface area (Å²) in [4.78, 5) is 12.6. The van der Waals surface area contributed by atoms with Crippen LogP contribution in [-0.2, 0) is 13.6 Å². The molecule has 148 valence electrons. The molecule has 0 spiro atoms. The Hall–Kier alpha value is -3.41. The van der Waals surface area contributed by atoms with Crippen LogP contribution in [0.3, 0.4) is 0 Å². The third-order valence-corrected chi connectivity index (χ3v) is 5.11. The molecule has 0 atom stereocenters. The van der Waals surface area contributed by atoms with Gasteiger partial charge in [0.25, 0.3) is 5.91 Å². The number of amides is 1. The van der Waals surface area contributed by atoms with E-state index in [4.69, 9.17) is 0 Å². The SMILES string of the molecule is Cc1cc2ccccc2n1CCCNC(=O)c1cc(-c2ccc(F)cc2)nn1C. The third kappa shape index (κ3) is 3.92. The molecule has 2 heterocycles. The smallest absolute Gasteiger partial charge is 0.269 e. The van der Waals surface area contributed by atoms with Crippen molar-refractivity contribution < 1.29 is 9.18 Å². The Morgan fingerprint density at radius 1 is 1.10 bits per heavy atom. The minimum absolute atomic E-state index is 0.164. The second kappa shape index (κ2) is 7.91. The van der Waals surface area contributed by atoms with Crippen LogP contribution in [0.4, 0.5) is 4.39 Å². The summed E-state index contributed by atoms with van der Waals surface area (Å²) in [6, 6.07) is 18.3. The topological polar surface area (TPSA) is 51.9 Å². The number of hydrogen-bond donors (Lipinski definition) is 1. The second-order valence-electron chi connectivity index (χ2n) is 7.15. The van der Waals surface area contributed by atoms with Crippen LogP contribution in [0.5, 0.6) is 0 Å². The van der Waals surface area contributed by atoms with Crippen molar-refractivity contribution in [2.45, 2.75) is 19.9 Å². The molecule has 0 aliphatic rings. The predicted octanol–water partition coefficient (Wildman–Crippen LogP) is 4.31. The molecular weight excluding hydrogens is 367 g/mol. The number of aromatic nitrogens is 3. The van der Waals surface area contributed by atoms with Gasteiger partial charge in [0, 0.05) is 36.9 Å². The van der Waals surface area contributed by atoms with E-state index in [1.165, 1.54) is 28.7 Å². The van der Waals surface area contributed by atoms with Crippen LogP contribution in [0.25, 0.3) is 22.2 Å². The fraction of sp³-hybridized carbons (Fsp3) is 0.217. The van der Waals surface area contributed by atoms with Gasteiger partial charge in [0.2, 0.25) is 0 Å². The highest BCUT2D eigenvalue weighted by Gasteiger charge is 2.14. The first-order chi connectivity index (χ1) is 14.0. The maximum atomic E-state index is 13.1. The van der Waals surface area contributed by atoms with Gasteiger partial charge < -0.3 is 9.88 Å². The lowest BCUT2D eigenvalue weighted by Gasteiger charge is -2.09. The summed E-state index contributed by atoms with van der Waals surface area (Å²) in [6.07, 6.45) is 0.827. The van der Waals surface area contributed by atoms with Gasteiger partial charge in [-0.25, -0.2) is 4.39 Å². The van der Waals surface area contributed by atoms with Crippen LogP contribution in [-0.4, -0.2) is 26.8 Å². The van der Waals surface area contributed by atoms with Gasteiger partial charge >= 0.3 is 0 Å². The normalized spacial score (nSPS) is 11.1. The summed E-state index contributed by atoms with van der Waals surface area (Å²) >= 11 is 0. The van der Waals surface area contributed by atoms with Gasteiger partial charge in [0.05, 0.1) is 5.69 Å². The molecule has 0 radical (unpaired) electrons. The van der Waals surface area contributed by atoms with Gasteiger partial charge in [-0.15, -0.1) is 0 Å². The fourth-order valence-electron chi connectivity index (χ4n) is 3.62. The average molecular weight is 390 g/mol. The molecule has 0 saturated carbocycles. The van der Waals surface area contributed by atoms with Crippen molar-refractivity contribution in [3.8, 4) is 11.3 Å². The predicted molar refractivity (Wildman–Crippen MR) is 112 cm³/mol. The molecule has 0 unspecified atom stereocenters. The molecule has 0 fully saturated rings. The van der Waals surface area contributed by atoms with Crippen LogP contribution < -0.4 is 5.32 Å². The Kier molecular flexibility index (Phi) is 5.16. The van der Waals surface area contributed by atoms with E-state index in [1.807, 2.05) is 12.1 Å². The maximum absolute atomic E-state index is 13.1. The first-order valence-electron chi connectivity index (χ1n) is 9.66. The number of fused-ring (bicyclic) bond motifs is 1. The van der Waals surface area contributed by atoms with Crippen molar-refractivity contribution in [2.75, 3.05) is 6.54 Å². The first kappa shape index (κ1) is 18.9. The summed E-state index contributed by atoms with van der Waals surface area (Å²) in [6.45, 7) is 3.51. The molecule has 29 heavy (non-hydrogen) atoms. The van der Waals surface area contributed by atoms with E-state index in [0.29, 0.717) is 17.9 Å². The number of carbonyl (C=O) groups excluding carboxylic acids is 1. The Bertz CT molecular complexity index is 1160. The highest BCUT2D eigenvalue weighted by molar-refractivity contribution is 5.93. The van der Waals surface area contributed by atoms with Crippen molar-refractivity contribution in [3.05, 3.63) is 77.9 Å². The first-order valence-corrected chi connectivity index (χ1v) is 9.66. The zero-order valence-electron chi connectivity index (χ0n) is 16.5. The monoisotopic (exact) mass is 390 g/mol. The molecule has 2 aromatic heterocycles. The summed E-state index contributed by atoms with van der Waals surface area (Å²) in [5.41, 5.74) is 4.33. The van der Waals surface area contributed by atoms with E-state index in [-0.39, 0.29) is 11.7 Å². The van der Waals surface area contributed by atoms with Crippen molar-refractivity contribution in [1.82, 2.24) is 19.7 Å². The fourth-order valence-corrected chi connectivity index (χ4v) is 3.62. The summed E-state index contributed by atoms with van der Waals surface area (Å²) < 4.78 is 16.9. The van der Waals surface area contributed by atoms with Crippen molar-refractivity contribution in [3.63, 3.8) is 0 Å². The van der Waals surface area contributed by atoms with Crippen LogP contribution >= 0.6 is 0 Å². The van der Waals surface area contributed by atoms with Gasteiger partial charge in [-0.05, 0) is 61.2 Å². The molecule has 6 heteroatoms. The molecule has 5 nitrogen and oxygen atoms in total. The lowest BCUT2D eigenvalue weighted by molar-refractivity contribution is 0.0943. The third-order valence-electron chi connectivity index (χ3n) is 5.11. The quantitative estimate of drug-likeness (QED) is 0.499. The summed E-state index contributed by atoms with van der Waals surface area (Å²) in [5, 5.41) is 8.58. The summed E-state index contributed by atoms with van der Waals surface area (Å²) in [7, 11) is 1.73. The van der Waals surface area contributed by atoms with E-state index in [0.717, 1.165) is 18.5 Å². The highest BCUT2D eigenvalue weighted by Crippen LogP contribution is 2.20. The minimum atomic E-state index is -0.298. The Morgan fingerprint density at radius 2 is 1.86 bits per heavy atom. The molecule has 4 rings (SSSR count). The van der Waals surface area contributed by atoms with Crippen LogP contribution in [0, 0.1) is 12.7 Å². The van der Waals surface area contributed by atoms with Crippen molar-refractivity contribution in [2.24, 2.45) is 7.05 Å². The van der Waals surface area contributed by atoms with Crippen LogP contribution in [0.1, 0.15) is 22.6 Å². The lowest BCUT2D eigenvalue weighted by atomic mass is 10.1. The largest absolute Gasteiger partial charge is 0.351 e. The van der Waals surface area contributed by atoms with Gasteiger partial charge in [-0.3, -0.25) is 9.48 Å². The number of aryl methyl sites for hydroxylation is 3. The molecule has 0 bridgehead atoms. The van der Waals surface area contributed by atoms with E-state index in [1.54, 1.807) is 29.9 Å². The van der Waals surface area contributed by atoms with Crippen molar-refractivity contribution in [1.29, 1.82) is 0 Å². The maximum Gasteiger partial charge on any atom is 0.269 e. The van der Waals surface area contributed by atoms with E-state index >= 15 is 0 Å². The van der Waals surface area contributed by atoms with Gasteiger partial charge in [0.1, 0.15) is 11.5 Å². The molecule has 0 saturated heterocycles. The molecule has 0 aliphatic heterocycles. The number of para-hydroxylation sites is 1. The number of nitrogens with zero attached hydrogens (tertiary/aromatic N) is 3. The van der Waals surface area contributed by atoms with Crippen molar-refractivity contribution >= 4 is 16.8 Å². The zero-order chi connectivity index (χ0) is 20.4. The lowest BCUT2D eigenvalue weighted by Crippen LogP contribution is -2.27. The Morgan fingerprint density at radius 3 is 2.66 bits per heavy atom. The molecule has 1 amide bonds. The minimum Gasteiger partial charge on any atom is -0.351 e. The Balaban J connectivity index is 1.37. The molecule has 0 aliphatic carbocycles. The van der Waals surface area contributed by atoms with Crippen LogP contribution in [0.2, 0.25) is 0 Å². The highest BCUT2D eigenvalue weighted by atomic mass is 19.1. The number of benzene rings is 2. The van der Waals surface area contributed by atoms with E-state index in [2.05, 4.69) is 40.1 Å². The number of hydrogen-bond acceptors (Lipinski definition) is 2. The van der Waals surface area contributed by atoms with Gasteiger partial charge in [0.15, 0.2) is 0 Å².